The van der Waals surface area contributed by atoms with Crippen molar-refractivity contribution >= 4 is 5.78 Å². The van der Waals surface area contributed by atoms with E-state index in [1.807, 2.05) is 0 Å². The highest BCUT2D eigenvalue weighted by atomic mass is 16.1. The van der Waals surface area contributed by atoms with Gasteiger partial charge in [0.05, 0.1) is 0 Å². The molecule has 4 aliphatic rings. The Morgan fingerprint density at radius 1 is 1.14 bits per heavy atom. The van der Waals surface area contributed by atoms with Crippen LogP contribution in [-0.4, -0.2) is 5.78 Å². The van der Waals surface area contributed by atoms with E-state index in [-0.39, 0.29) is 10.8 Å². The van der Waals surface area contributed by atoms with Gasteiger partial charge < -0.3 is 0 Å². The van der Waals surface area contributed by atoms with E-state index in [0.717, 1.165) is 19.3 Å². The maximum absolute atomic E-state index is 12.4. The van der Waals surface area contributed by atoms with Crippen LogP contribution in [0.3, 0.4) is 0 Å². The Hall–Kier alpha value is -1.11. The van der Waals surface area contributed by atoms with Gasteiger partial charge in [-0.3, -0.25) is 4.79 Å². The second kappa shape index (κ2) is 4.21. The van der Waals surface area contributed by atoms with Crippen molar-refractivity contribution in [2.75, 3.05) is 0 Å². The smallest absolute Gasteiger partial charge is 0.139 e. The van der Waals surface area contributed by atoms with Gasteiger partial charge in [0.15, 0.2) is 0 Å². The van der Waals surface area contributed by atoms with E-state index in [1.54, 1.807) is 0 Å². The normalized spacial score (nSPS) is 51.2. The first-order valence-electron chi connectivity index (χ1n) is 8.58. The van der Waals surface area contributed by atoms with Crippen LogP contribution in [0.1, 0.15) is 46.5 Å². The average Bonchev–Trinajstić information content (AvgIpc) is 2.76. The van der Waals surface area contributed by atoms with Crippen LogP contribution in [0, 0.1) is 34.5 Å². The molecule has 0 bridgehead atoms. The van der Waals surface area contributed by atoms with Gasteiger partial charge in [0.25, 0.3) is 0 Å². The number of rotatable bonds is 0. The van der Waals surface area contributed by atoms with Gasteiger partial charge >= 0.3 is 0 Å². The van der Waals surface area contributed by atoms with Gasteiger partial charge in [0.2, 0.25) is 0 Å². The molecule has 0 aromatic rings. The summed E-state index contributed by atoms with van der Waals surface area (Å²) in [6, 6.07) is 0. The molecule has 6 atom stereocenters. The monoisotopic (exact) mass is 282 g/mol. The Kier molecular flexibility index (Phi) is 2.72. The SMILES string of the molecule is CC1C=C[C@@]2(C)C(=C1)C=CC1C2CC[C@]2(C)C(=O)CCC12. The minimum Gasteiger partial charge on any atom is -0.299 e. The molecule has 21 heavy (non-hydrogen) atoms. The molecule has 0 heterocycles. The van der Waals surface area contributed by atoms with Crippen LogP contribution in [0.5, 0.6) is 0 Å². The number of hydrogen-bond acceptors (Lipinski definition) is 1. The molecular formula is C20H26O. The highest BCUT2D eigenvalue weighted by Gasteiger charge is 2.57. The fraction of sp³-hybridized carbons (Fsp3) is 0.650. The molecule has 112 valence electrons. The van der Waals surface area contributed by atoms with Gasteiger partial charge in [-0.25, -0.2) is 0 Å². The van der Waals surface area contributed by atoms with E-state index in [2.05, 4.69) is 51.2 Å². The van der Waals surface area contributed by atoms with E-state index in [4.69, 9.17) is 0 Å². The molecular weight excluding hydrogens is 256 g/mol. The summed E-state index contributed by atoms with van der Waals surface area (Å²) in [5, 5.41) is 0. The average molecular weight is 282 g/mol. The lowest BCUT2D eigenvalue weighted by atomic mass is 9.50. The fourth-order valence-corrected chi connectivity index (χ4v) is 5.69. The molecule has 4 aliphatic carbocycles. The quantitative estimate of drug-likeness (QED) is 0.588. The number of allylic oxidation sites excluding steroid dienone is 6. The van der Waals surface area contributed by atoms with Crippen molar-refractivity contribution in [3.8, 4) is 0 Å². The van der Waals surface area contributed by atoms with Gasteiger partial charge in [0, 0.05) is 17.3 Å². The first-order chi connectivity index (χ1) is 9.95. The Balaban J connectivity index is 1.77. The maximum atomic E-state index is 12.4. The van der Waals surface area contributed by atoms with Crippen molar-refractivity contribution in [3.05, 3.63) is 36.0 Å². The van der Waals surface area contributed by atoms with Crippen molar-refractivity contribution < 1.29 is 4.79 Å². The zero-order valence-electron chi connectivity index (χ0n) is 13.4. The zero-order chi connectivity index (χ0) is 14.8. The van der Waals surface area contributed by atoms with Gasteiger partial charge in [0.1, 0.15) is 5.78 Å². The molecule has 0 aromatic heterocycles. The Bertz CT molecular complexity index is 581. The fourth-order valence-electron chi connectivity index (χ4n) is 5.69. The largest absolute Gasteiger partial charge is 0.299 e. The molecule has 4 unspecified atom stereocenters. The Labute approximate surface area is 128 Å². The number of carbonyl (C=O) groups excluding carboxylic acids is 1. The van der Waals surface area contributed by atoms with Gasteiger partial charge in [-0.1, -0.05) is 51.2 Å². The Morgan fingerprint density at radius 3 is 2.76 bits per heavy atom. The molecule has 0 radical (unpaired) electrons. The third-order valence-electron chi connectivity index (χ3n) is 7.12. The van der Waals surface area contributed by atoms with Crippen LogP contribution in [0.15, 0.2) is 36.0 Å². The number of hydrogen-bond donors (Lipinski definition) is 0. The topological polar surface area (TPSA) is 17.1 Å². The van der Waals surface area contributed by atoms with Crippen LogP contribution < -0.4 is 0 Å². The molecule has 0 N–H and O–H groups in total. The van der Waals surface area contributed by atoms with Crippen molar-refractivity contribution in [3.63, 3.8) is 0 Å². The molecule has 0 aliphatic heterocycles. The molecule has 1 nitrogen and oxygen atoms in total. The molecule has 0 amide bonds. The standard InChI is InChI=1S/C20H26O/c1-13-8-10-19(2)14(12-13)4-5-15-16-6-7-18(21)20(16,3)11-9-17(15)19/h4-5,8,10,12-13,15-17H,6-7,9,11H2,1-3H3/t13?,15?,16?,17?,19-,20-/m0/s1. The van der Waals surface area contributed by atoms with Crippen LogP contribution in [0.2, 0.25) is 0 Å². The number of ketones is 1. The highest BCUT2D eigenvalue weighted by Crippen LogP contribution is 2.61. The predicted octanol–water partition coefficient (Wildman–Crippen LogP) is 4.71. The van der Waals surface area contributed by atoms with Crippen molar-refractivity contribution in [2.45, 2.75) is 46.5 Å². The predicted molar refractivity (Wildman–Crippen MR) is 85.7 cm³/mol. The van der Waals surface area contributed by atoms with Crippen LogP contribution in [0.4, 0.5) is 0 Å². The van der Waals surface area contributed by atoms with Gasteiger partial charge in [-0.05, 0) is 48.5 Å². The number of carbonyl (C=O) groups is 1. The molecule has 2 saturated carbocycles. The second-order valence-corrected chi connectivity index (χ2v) is 8.19. The summed E-state index contributed by atoms with van der Waals surface area (Å²) in [6.07, 6.45) is 16.3. The van der Waals surface area contributed by atoms with Crippen molar-refractivity contribution in [2.24, 2.45) is 34.5 Å². The number of Topliss-reactive ketones (excluding diaryl/α,β-unsaturated/α-hetero) is 1. The minimum absolute atomic E-state index is 0.0330. The summed E-state index contributed by atoms with van der Waals surface area (Å²) >= 11 is 0. The molecule has 2 fully saturated rings. The summed E-state index contributed by atoms with van der Waals surface area (Å²) in [4.78, 5) is 12.4. The maximum Gasteiger partial charge on any atom is 0.139 e. The minimum atomic E-state index is -0.0330. The summed E-state index contributed by atoms with van der Waals surface area (Å²) < 4.78 is 0. The summed E-state index contributed by atoms with van der Waals surface area (Å²) in [5.74, 6) is 2.93. The van der Waals surface area contributed by atoms with E-state index in [9.17, 15) is 4.79 Å². The third kappa shape index (κ3) is 1.67. The lowest BCUT2D eigenvalue weighted by molar-refractivity contribution is -0.130. The third-order valence-corrected chi connectivity index (χ3v) is 7.12. The zero-order valence-corrected chi connectivity index (χ0v) is 13.4. The van der Waals surface area contributed by atoms with E-state index in [1.165, 1.54) is 12.0 Å². The first-order valence-corrected chi connectivity index (χ1v) is 8.58. The number of fused-ring (bicyclic) bond motifs is 5. The van der Waals surface area contributed by atoms with E-state index in [0.29, 0.717) is 29.5 Å². The lowest BCUT2D eigenvalue weighted by Gasteiger charge is -2.53. The summed E-state index contributed by atoms with van der Waals surface area (Å²) in [6.45, 7) is 6.92. The molecule has 0 spiro atoms. The van der Waals surface area contributed by atoms with Crippen molar-refractivity contribution in [1.82, 2.24) is 0 Å². The molecule has 4 rings (SSSR count). The second-order valence-electron chi connectivity index (χ2n) is 8.19. The summed E-state index contributed by atoms with van der Waals surface area (Å²) in [7, 11) is 0. The van der Waals surface area contributed by atoms with E-state index >= 15 is 0 Å². The Morgan fingerprint density at radius 2 is 1.95 bits per heavy atom. The van der Waals surface area contributed by atoms with E-state index < -0.39 is 0 Å². The van der Waals surface area contributed by atoms with Crippen LogP contribution in [0.25, 0.3) is 0 Å². The van der Waals surface area contributed by atoms with Crippen molar-refractivity contribution in [1.29, 1.82) is 0 Å². The summed E-state index contributed by atoms with van der Waals surface area (Å²) in [5.41, 5.74) is 1.67. The van der Waals surface area contributed by atoms with Gasteiger partial charge in [-0.15, -0.1) is 0 Å². The molecule has 0 saturated heterocycles. The van der Waals surface area contributed by atoms with Gasteiger partial charge in [-0.2, -0.15) is 0 Å². The molecule has 0 aromatic carbocycles. The van der Waals surface area contributed by atoms with Crippen LogP contribution in [-0.2, 0) is 4.79 Å². The first kappa shape index (κ1) is 13.5. The highest BCUT2D eigenvalue weighted by molar-refractivity contribution is 5.87. The molecule has 1 heteroatoms. The lowest BCUT2D eigenvalue weighted by Crippen LogP contribution is -2.48. The van der Waals surface area contributed by atoms with Crippen LogP contribution >= 0.6 is 0 Å².